The van der Waals surface area contributed by atoms with Crippen molar-refractivity contribution in [3.8, 4) is 11.5 Å². The second-order valence-corrected chi connectivity index (χ2v) is 10.8. The zero-order valence-electron chi connectivity index (χ0n) is 23.7. The first kappa shape index (κ1) is 27.7. The summed E-state index contributed by atoms with van der Waals surface area (Å²) in [5.41, 5.74) is 3.51. The van der Waals surface area contributed by atoms with Gasteiger partial charge in [0.2, 0.25) is 5.76 Å². The first-order chi connectivity index (χ1) is 18.1. The van der Waals surface area contributed by atoms with Crippen molar-refractivity contribution in [2.24, 2.45) is 5.92 Å². The molecule has 2 aromatic carbocycles. The van der Waals surface area contributed by atoms with E-state index < -0.39 is 6.04 Å². The van der Waals surface area contributed by atoms with Crippen LogP contribution in [0.3, 0.4) is 0 Å². The van der Waals surface area contributed by atoms with Gasteiger partial charge in [0.05, 0.1) is 30.2 Å². The van der Waals surface area contributed by atoms with Crippen molar-refractivity contribution in [1.29, 1.82) is 0 Å². The molecule has 4 rings (SSSR count). The van der Waals surface area contributed by atoms with Gasteiger partial charge in [-0.15, -0.1) is 0 Å². The molecule has 0 N–H and O–H groups in total. The molecular weight excluding hydrogens is 480 g/mol. The summed E-state index contributed by atoms with van der Waals surface area (Å²) in [6.45, 7) is 12.6. The van der Waals surface area contributed by atoms with Gasteiger partial charge in [0.25, 0.3) is 5.91 Å². The third-order valence-corrected chi connectivity index (χ3v) is 7.12. The maximum absolute atomic E-state index is 13.9. The largest absolute Gasteiger partial charge is 0.490 e. The maximum Gasteiger partial charge on any atom is 0.290 e. The molecule has 1 aliphatic heterocycles. The quantitative estimate of drug-likeness (QED) is 0.322. The number of aryl methyl sites for hydroxylation is 2. The zero-order chi connectivity index (χ0) is 27.6. The minimum Gasteiger partial charge on any atom is -0.490 e. The number of carbonyl (C=O) groups excluding carboxylic acids is 1. The second kappa shape index (κ2) is 11.6. The van der Waals surface area contributed by atoms with Gasteiger partial charge in [-0.3, -0.25) is 9.59 Å². The number of hydrogen-bond donors (Lipinski definition) is 0. The van der Waals surface area contributed by atoms with Gasteiger partial charge in [-0.1, -0.05) is 19.9 Å². The molecule has 1 atom stereocenters. The summed E-state index contributed by atoms with van der Waals surface area (Å²) in [5, 5.41) is 0.499. The van der Waals surface area contributed by atoms with Gasteiger partial charge >= 0.3 is 0 Å². The van der Waals surface area contributed by atoms with Crippen molar-refractivity contribution in [3.05, 3.63) is 68.6 Å². The molecule has 1 amide bonds. The number of ether oxygens (including phenoxy) is 2. The molecular formula is C31H40N2O5. The Morgan fingerprint density at radius 2 is 1.76 bits per heavy atom. The minimum atomic E-state index is -0.564. The molecule has 7 heteroatoms. The Kier molecular flexibility index (Phi) is 8.46. The standard InChI is InChI=1S/C31H40N2O5/c1-8-36-26-18-22(10-11-24(26)37-15-12-19(2)3)28-27-29(34)23-16-20(4)21(5)17-25(23)38-30(27)31(35)33(28)14-9-13-32(6)7/h10-11,16-19,28H,8-9,12-15H2,1-7H3. The minimum absolute atomic E-state index is 0.135. The molecule has 0 fully saturated rings. The Bertz CT molecular complexity index is 1370. The number of nitrogens with zero attached hydrogens (tertiary/aromatic N) is 2. The zero-order valence-corrected chi connectivity index (χ0v) is 23.7. The molecule has 0 radical (unpaired) electrons. The second-order valence-electron chi connectivity index (χ2n) is 10.8. The lowest BCUT2D eigenvalue weighted by Crippen LogP contribution is -2.32. The van der Waals surface area contributed by atoms with Crippen LogP contribution in [0.4, 0.5) is 0 Å². The van der Waals surface area contributed by atoms with Crippen LogP contribution in [-0.2, 0) is 0 Å². The summed E-state index contributed by atoms with van der Waals surface area (Å²) >= 11 is 0. The highest BCUT2D eigenvalue weighted by Crippen LogP contribution is 2.41. The number of amides is 1. The molecule has 7 nitrogen and oxygen atoms in total. The Morgan fingerprint density at radius 1 is 1.03 bits per heavy atom. The van der Waals surface area contributed by atoms with Crippen LogP contribution in [0, 0.1) is 19.8 Å². The smallest absolute Gasteiger partial charge is 0.290 e. The molecule has 0 saturated heterocycles. The number of rotatable bonds is 11. The van der Waals surface area contributed by atoms with Crippen molar-refractivity contribution in [1.82, 2.24) is 9.80 Å². The van der Waals surface area contributed by atoms with E-state index in [2.05, 4.69) is 18.7 Å². The highest BCUT2D eigenvalue weighted by molar-refractivity contribution is 5.99. The summed E-state index contributed by atoms with van der Waals surface area (Å²) in [4.78, 5) is 31.5. The predicted octanol–water partition coefficient (Wildman–Crippen LogP) is 5.73. The van der Waals surface area contributed by atoms with E-state index in [-0.39, 0.29) is 17.1 Å². The first-order valence-corrected chi connectivity index (χ1v) is 13.6. The molecule has 1 aromatic heterocycles. The van der Waals surface area contributed by atoms with E-state index in [0.717, 1.165) is 36.1 Å². The van der Waals surface area contributed by atoms with Crippen LogP contribution in [0.15, 0.2) is 39.5 Å². The molecule has 0 saturated carbocycles. The fourth-order valence-electron chi connectivity index (χ4n) is 4.90. The summed E-state index contributed by atoms with van der Waals surface area (Å²) in [6.07, 6.45) is 1.70. The van der Waals surface area contributed by atoms with Gasteiger partial charge in [0.15, 0.2) is 16.9 Å². The van der Waals surface area contributed by atoms with Crippen LogP contribution in [0.1, 0.15) is 72.5 Å². The van der Waals surface area contributed by atoms with Crippen molar-refractivity contribution in [3.63, 3.8) is 0 Å². The van der Waals surface area contributed by atoms with E-state index in [1.165, 1.54) is 0 Å². The monoisotopic (exact) mass is 520 g/mol. The Labute approximate surface area is 225 Å². The Morgan fingerprint density at radius 3 is 2.45 bits per heavy atom. The van der Waals surface area contributed by atoms with Crippen LogP contribution >= 0.6 is 0 Å². The molecule has 3 aromatic rings. The van der Waals surface area contributed by atoms with E-state index in [0.29, 0.717) is 53.7 Å². The lowest BCUT2D eigenvalue weighted by molar-refractivity contribution is 0.0722. The van der Waals surface area contributed by atoms with Crippen LogP contribution in [0.25, 0.3) is 11.0 Å². The van der Waals surface area contributed by atoms with Crippen molar-refractivity contribution >= 4 is 16.9 Å². The van der Waals surface area contributed by atoms with Gasteiger partial charge in [-0.2, -0.15) is 0 Å². The van der Waals surface area contributed by atoms with Crippen molar-refractivity contribution in [2.45, 2.75) is 53.5 Å². The average molecular weight is 521 g/mol. The Hall–Kier alpha value is -3.32. The summed E-state index contributed by atoms with van der Waals surface area (Å²) in [7, 11) is 4.01. The predicted molar refractivity (Wildman–Crippen MR) is 151 cm³/mol. The fraction of sp³-hybridized carbons (Fsp3) is 0.484. The number of carbonyl (C=O) groups is 1. The van der Waals surface area contributed by atoms with E-state index in [1.54, 1.807) is 4.90 Å². The van der Waals surface area contributed by atoms with Gasteiger partial charge in [0, 0.05) is 6.54 Å². The van der Waals surface area contributed by atoms with Gasteiger partial charge in [-0.25, -0.2) is 0 Å². The molecule has 0 bridgehead atoms. The third kappa shape index (κ3) is 5.58. The lowest BCUT2D eigenvalue weighted by atomic mass is 9.97. The molecule has 1 unspecified atom stereocenters. The first-order valence-electron chi connectivity index (χ1n) is 13.6. The highest BCUT2D eigenvalue weighted by Gasteiger charge is 2.42. The van der Waals surface area contributed by atoms with Crippen LogP contribution in [0.2, 0.25) is 0 Å². The van der Waals surface area contributed by atoms with E-state index in [1.807, 2.05) is 65.2 Å². The third-order valence-electron chi connectivity index (χ3n) is 7.12. The van der Waals surface area contributed by atoms with E-state index in [4.69, 9.17) is 13.9 Å². The van der Waals surface area contributed by atoms with E-state index >= 15 is 0 Å². The SMILES string of the molecule is CCOc1cc(C2c3c(oc4cc(C)c(C)cc4c3=O)C(=O)N2CCCN(C)C)ccc1OCCC(C)C. The summed E-state index contributed by atoms with van der Waals surface area (Å²) < 4.78 is 18.2. The molecule has 38 heavy (non-hydrogen) atoms. The molecule has 204 valence electrons. The number of benzene rings is 2. The van der Waals surface area contributed by atoms with Gasteiger partial charge < -0.3 is 23.7 Å². The fourth-order valence-corrected chi connectivity index (χ4v) is 4.90. The van der Waals surface area contributed by atoms with Crippen molar-refractivity contribution < 1.29 is 18.7 Å². The normalized spacial score (nSPS) is 15.1. The van der Waals surface area contributed by atoms with Crippen molar-refractivity contribution in [2.75, 3.05) is 40.4 Å². The summed E-state index contributed by atoms with van der Waals surface area (Å²) in [6, 6.07) is 8.88. The van der Waals surface area contributed by atoms with Crippen LogP contribution in [-0.4, -0.2) is 56.1 Å². The molecule has 0 aliphatic carbocycles. The molecule has 2 heterocycles. The van der Waals surface area contributed by atoms with Crippen LogP contribution in [0.5, 0.6) is 11.5 Å². The number of fused-ring (bicyclic) bond motifs is 2. The highest BCUT2D eigenvalue weighted by atomic mass is 16.5. The topological polar surface area (TPSA) is 72.2 Å². The Balaban J connectivity index is 1.83. The van der Waals surface area contributed by atoms with E-state index in [9.17, 15) is 9.59 Å². The average Bonchev–Trinajstić information content (AvgIpc) is 3.13. The van der Waals surface area contributed by atoms with Crippen LogP contribution < -0.4 is 14.9 Å². The number of hydrogen-bond acceptors (Lipinski definition) is 6. The molecule has 1 aliphatic rings. The van der Waals surface area contributed by atoms with Gasteiger partial charge in [0.1, 0.15) is 5.58 Å². The summed E-state index contributed by atoms with van der Waals surface area (Å²) in [5.74, 6) is 1.69. The molecule has 0 spiro atoms. The van der Waals surface area contributed by atoms with Gasteiger partial charge in [-0.05, 0) is 101 Å². The lowest BCUT2D eigenvalue weighted by Gasteiger charge is -2.26. The maximum atomic E-state index is 13.9.